The summed E-state index contributed by atoms with van der Waals surface area (Å²) < 4.78 is 5.86. The number of rotatable bonds is 5. The maximum absolute atomic E-state index is 6.20. The second-order valence-electron chi connectivity index (χ2n) is 4.62. The molecule has 1 unspecified atom stereocenters. The van der Waals surface area contributed by atoms with Gasteiger partial charge in [0.25, 0.3) is 0 Å². The smallest absolute Gasteiger partial charge is 0.137 e. The maximum atomic E-state index is 6.20. The van der Waals surface area contributed by atoms with E-state index in [0.29, 0.717) is 26.4 Å². The minimum absolute atomic E-state index is 0.147. The van der Waals surface area contributed by atoms with E-state index in [9.17, 15) is 0 Å². The highest BCUT2D eigenvalue weighted by Gasteiger charge is 2.16. The quantitative estimate of drug-likeness (QED) is 0.730. The fourth-order valence-electron chi connectivity index (χ4n) is 1.96. The predicted octanol–water partition coefficient (Wildman–Crippen LogP) is 5.97. The van der Waals surface area contributed by atoms with E-state index in [1.165, 1.54) is 0 Å². The van der Waals surface area contributed by atoms with Crippen molar-refractivity contribution >= 4 is 34.8 Å². The van der Waals surface area contributed by atoms with Crippen LogP contribution in [0.2, 0.25) is 15.1 Å². The number of hydrogen-bond acceptors (Lipinski definition) is 2. The largest absolute Gasteiger partial charge is 0.459 e. The van der Waals surface area contributed by atoms with Crippen molar-refractivity contribution in [2.45, 2.75) is 26.3 Å². The fraction of sp³-hybridized carbons (Fsp3) is 0.333. The normalized spacial score (nSPS) is 12.7. The second-order valence-corrected chi connectivity index (χ2v) is 5.87. The van der Waals surface area contributed by atoms with Crippen LogP contribution >= 0.6 is 34.8 Å². The van der Waals surface area contributed by atoms with Gasteiger partial charge >= 0.3 is 0 Å². The maximum Gasteiger partial charge on any atom is 0.137 e. The van der Waals surface area contributed by atoms with Crippen LogP contribution in [0.5, 0.6) is 0 Å². The van der Waals surface area contributed by atoms with Gasteiger partial charge in [0.1, 0.15) is 11.5 Å². The molecule has 1 aromatic heterocycles. The summed E-state index contributed by atoms with van der Waals surface area (Å²) in [6.07, 6.45) is 1.08. The number of benzene rings is 1. The summed E-state index contributed by atoms with van der Waals surface area (Å²) in [4.78, 5) is 0. The molecule has 0 saturated carbocycles. The van der Waals surface area contributed by atoms with Crippen LogP contribution < -0.4 is 5.32 Å². The van der Waals surface area contributed by atoms with Gasteiger partial charge in [0.2, 0.25) is 0 Å². The Bertz CT molecular complexity index is 572. The van der Waals surface area contributed by atoms with Gasteiger partial charge in [-0.2, -0.15) is 0 Å². The van der Waals surface area contributed by atoms with Crippen molar-refractivity contribution in [1.29, 1.82) is 0 Å². The number of furan rings is 1. The molecule has 20 heavy (non-hydrogen) atoms. The summed E-state index contributed by atoms with van der Waals surface area (Å²) in [6, 6.07) is 7.27. The SMILES string of the molecule is CCCNC(C)c1ccc(-c2c(Cl)cc(Cl)cc2Cl)o1. The van der Waals surface area contributed by atoms with E-state index in [0.717, 1.165) is 18.7 Å². The van der Waals surface area contributed by atoms with Gasteiger partial charge in [-0.1, -0.05) is 41.7 Å². The summed E-state index contributed by atoms with van der Waals surface area (Å²) in [5.74, 6) is 1.51. The average molecular weight is 333 g/mol. The molecule has 1 heterocycles. The Morgan fingerprint density at radius 2 is 1.80 bits per heavy atom. The molecule has 0 fully saturated rings. The highest BCUT2D eigenvalue weighted by molar-refractivity contribution is 6.41. The van der Waals surface area contributed by atoms with Gasteiger partial charge in [-0.3, -0.25) is 0 Å². The summed E-state index contributed by atoms with van der Waals surface area (Å²) in [6.45, 7) is 5.13. The molecular weight excluding hydrogens is 317 g/mol. The van der Waals surface area contributed by atoms with Crippen molar-refractivity contribution in [3.8, 4) is 11.3 Å². The molecule has 1 N–H and O–H groups in total. The van der Waals surface area contributed by atoms with E-state index >= 15 is 0 Å². The van der Waals surface area contributed by atoms with Crippen molar-refractivity contribution in [1.82, 2.24) is 5.32 Å². The standard InChI is InChI=1S/C15H16Cl3NO/c1-3-6-19-9(2)13-4-5-14(20-13)15-11(17)7-10(16)8-12(15)18/h4-5,7-9,19H,3,6H2,1-2H3. The van der Waals surface area contributed by atoms with Gasteiger partial charge in [0, 0.05) is 5.02 Å². The van der Waals surface area contributed by atoms with Gasteiger partial charge in [-0.05, 0) is 44.2 Å². The van der Waals surface area contributed by atoms with Gasteiger partial charge in [-0.25, -0.2) is 0 Å². The van der Waals surface area contributed by atoms with Gasteiger partial charge < -0.3 is 9.73 Å². The molecular formula is C15H16Cl3NO. The minimum Gasteiger partial charge on any atom is -0.459 e. The number of hydrogen-bond donors (Lipinski definition) is 1. The lowest BCUT2D eigenvalue weighted by Gasteiger charge is -2.10. The van der Waals surface area contributed by atoms with Gasteiger partial charge in [-0.15, -0.1) is 0 Å². The zero-order valence-corrected chi connectivity index (χ0v) is 13.6. The molecule has 0 aliphatic carbocycles. The molecule has 0 aliphatic rings. The third-order valence-corrected chi connectivity index (χ3v) is 3.82. The Morgan fingerprint density at radius 1 is 1.15 bits per heavy atom. The first-order valence-corrected chi connectivity index (χ1v) is 7.64. The number of nitrogens with one attached hydrogen (secondary N) is 1. The molecule has 5 heteroatoms. The summed E-state index contributed by atoms with van der Waals surface area (Å²) >= 11 is 18.3. The van der Waals surface area contributed by atoms with Crippen LogP contribution in [0, 0.1) is 0 Å². The van der Waals surface area contributed by atoms with E-state index in [-0.39, 0.29) is 6.04 Å². The lowest BCUT2D eigenvalue weighted by Crippen LogP contribution is -2.18. The van der Waals surface area contributed by atoms with Crippen molar-refractivity contribution in [3.63, 3.8) is 0 Å². The minimum atomic E-state index is 0.147. The molecule has 108 valence electrons. The van der Waals surface area contributed by atoms with Crippen LogP contribution in [0.4, 0.5) is 0 Å². The molecule has 0 amide bonds. The van der Waals surface area contributed by atoms with E-state index in [1.807, 2.05) is 12.1 Å². The van der Waals surface area contributed by atoms with E-state index in [4.69, 9.17) is 39.2 Å². The second kappa shape index (κ2) is 6.86. The third-order valence-electron chi connectivity index (χ3n) is 3.01. The fourth-order valence-corrected chi connectivity index (χ4v) is 2.96. The van der Waals surface area contributed by atoms with Gasteiger partial charge in [0.15, 0.2) is 0 Å². The first-order valence-electron chi connectivity index (χ1n) is 6.51. The summed E-state index contributed by atoms with van der Waals surface area (Å²) in [7, 11) is 0. The molecule has 1 aromatic carbocycles. The molecule has 0 bridgehead atoms. The zero-order valence-electron chi connectivity index (χ0n) is 11.3. The molecule has 0 aliphatic heterocycles. The summed E-state index contributed by atoms with van der Waals surface area (Å²) in [5.41, 5.74) is 0.673. The first kappa shape index (κ1) is 15.7. The van der Waals surface area contributed by atoms with Crippen LogP contribution in [0.25, 0.3) is 11.3 Å². The summed E-state index contributed by atoms with van der Waals surface area (Å²) in [5, 5.41) is 4.85. The van der Waals surface area contributed by atoms with Crippen molar-refractivity contribution in [2.75, 3.05) is 6.54 Å². The molecule has 2 nitrogen and oxygen atoms in total. The highest BCUT2D eigenvalue weighted by Crippen LogP contribution is 2.38. The van der Waals surface area contributed by atoms with Crippen LogP contribution in [0.3, 0.4) is 0 Å². The Hall–Kier alpha value is -0.670. The first-order chi connectivity index (χ1) is 9.52. The van der Waals surface area contributed by atoms with Crippen LogP contribution in [0.15, 0.2) is 28.7 Å². The van der Waals surface area contributed by atoms with E-state index in [1.54, 1.807) is 12.1 Å². The van der Waals surface area contributed by atoms with Crippen LogP contribution in [-0.4, -0.2) is 6.54 Å². The Balaban J connectivity index is 2.29. The molecule has 0 saturated heterocycles. The Kier molecular flexibility index (Phi) is 5.39. The zero-order chi connectivity index (χ0) is 14.7. The molecule has 0 spiro atoms. The molecule has 1 atom stereocenters. The number of halogens is 3. The van der Waals surface area contributed by atoms with Crippen molar-refractivity contribution < 1.29 is 4.42 Å². The van der Waals surface area contributed by atoms with Gasteiger partial charge in [0.05, 0.1) is 21.7 Å². The van der Waals surface area contributed by atoms with Crippen molar-refractivity contribution in [2.24, 2.45) is 0 Å². The van der Waals surface area contributed by atoms with E-state index < -0.39 is 0 Å². The predicted molar refractivity (Wildman–Crippen MR) is 85.9 cm³/mol. The average Bonchev–Trinajstić information content (AvgIpc) is 2.84. The van der Waals surface area contributed by atoms with Crippen molar-refractivity contribution in [3.05, 3.63) is 45.1 Å². The highest BCUT2D eigenvalue weighted by atomic mass is 35.5. The monoisotopic (exact) mass is 331 g/mol. The lowest BCUT2D eigenvalue weighted by atomic mass is 10.2. The van der Waals surface area contributed by atoms with Crippen LogP contribution in [0.1, 0.15) is 32.1 Å². The molecule has 0 radical (unpaired) electrons. The Labute approximate surface area is 134 Å². The molecule has 2 rings (SSSR count). The lowest BCUT2D eigenvalue weighted by molar-refractivity contribution is 0.439. The topological polar surface area (TPSA) is 25.2 Å². The van der Waals surface area contributed by atoms with Crippen LogP contribution in [-0.2, 0) is 0 Å². The third kappa shape index (κ3) is 3.50. The van der Waals surface area contributed by atoms with E-state index in [2.05, 4.69) is 19.2 Å². The Morgan fingerprint density at radius 3 is 2.40 bits per heavy atom. The molecule has 2 aromatic rings.